The first-order valence-electron chi connectivity index (χ1n) is 10.0. The molecule has 2 N–H and O–H groups in total. The van der Waals surface area contributed by atoms with Crippen LogP contribution in [0.3, 0.4) is 0 Å². The Morgan fingerprint density at radius 2 is 1.97 bits per heavy atom. The van der Waals surface area contributed by atoms with Crippen molar-refractivity contribution in [1.29, 1.82) is 5.26 Å². The Kier molecular flexibility index (Phi) is 7.56. The summed E-state index contributed by atoms with van der Waals surface area (Å²) in [5.74, 6) is -2.04. The second-order valence-electron chi connectivity index (χ2n) is 9.50. The van der Waals surface area contributed by atoms with Gasteiger partial charge in [0.15, 0.2) is 5.11 Å². The van der Waals surface area contributed by atoms with Crippen LogP contribution in [0.25, 0.3) is 0 Å². The minimum Gasteiger partial charge on any atom is -0.459 e. The van der Waals surface area contributed by atoms with Crippen LogP contribution >= 0.6 is 23.8 Å². The summed E-state index contributed by atoms with van der Waals surface area (Å²) in [6, 6.07) is 5.45. The molecular weight excluding hydrogens is 436 g/mol. The van der Waals surface area contributed by atoms with Crippen molar-refractivity contribution in [3.8, 4) is 6.07 Å². The average Bonchev–Trinajstić information content (AvgIpc) is 2.70. The molecule has 1 aromatic rings. The summed E-state index contributed by atoms with van der Waals surface area (Å²) in [7, 11) is 0. The van der Waals surface area contributed by atoms with E-state index in [1.165, 1.54) is 4.90 Å². The van der Waals surface area contributed by atoms with Gasteiger partial charge in [0, 0.05) is 5.54 Å². The van der Waals surface area contributed by atoms with Crippen molar-refractivity contribution in [3.05, 3.63) is 22.7 Å². The van der Waals surface area contributed by atoms with E-state index in [1.807, 2.05) is 26.8 Å². The molecule has 9 heteroatoms. The molecule has 0 radical (unpaired) electrons. The van der Waals surface area contributed by atoms with Crippen LogP contribution in [-0.4, -0.2) is 34.7 Å². The average molecular weight is 465 g/mol. The predicted molar refractivity (Wildman–Crippen MR) is 126 cm³/mol. The van der Waals surface area contributed by atoms with E-state index in [1.54, 1.807) is 32.9 Å². The molecular formula is C22H29ClN4O3S. The fourth-order valence-corrected chi connectivity index (χ4v) is 3.85. The van der Waals surface area contributed by atoms with Gasteiger partial charge in [-0.15, -0.1) is 0 Å². The molecule has 0 saturated heterocycles. The highest BCUT2D eigenvalue weighted by atomic mass is 35.5. The lowest BCUT2D eigenvalue weighted by Gasteiger charge is -2.26. The number of nitrogens with one attached hydrogen (secondary N) is 2. The highest BCUT2D eigenvalue weighted by Crippen LogP contribution is 2.36. The number of halogens is 1. The van der Waals surface area contributed by atoms with Crippen molar-refractivity contribution in [2.75, 3.05) is 16.8 Å². The van der Waals surface area contributed by atoms with Crippen molar-refractivity contribution in [1.82, 2.24) is 5.32 Å². The van der Waals surface area contributed by atoms with E-state index in [-0.39, 0.29) is 18.5 Å². The summed E-state index contributed by atoms with van der Waals surface area (Å²) in [6.07, 6.45) is 0.716. The molecule has 168 valence electrons. The van der Waals surface area contributed by atoms with E-state index in [2.05, 4.69) is 10.6 Å². The fraction of sp³-hybridized carbons (Fsp3) is 0.545. The molecule has 0 saturated carbocycles. The van der Waals surface area contributed by atoms with Gasteiger partial charge < -0.3 is 15.4 Å². The Morgan fingerprint density at radius 1 is 1.32 bits per heavy atom. The lowest BCUT2D eigenvalue weighted by Crippen LogP contribution is -2.43. The van der Waals surface area contributed by atoms with Crippen molar-refractivity contribution >= 4 is 52.2 Å². The number of aryl methyl sites for hydroxylation is 1. The molecule has 0 spiro atoms. The number of carbonyl (C=O) groups is 2. The van der Waals surface area contributed by atoms with Crippen LogP contribution in [-0.2, 0) is 20.7 Å². The second-order valence-corrected chi connectivity index (χ2v) is 10.3. The maximum Gasteiger partial charge on any atom is 0.319 e. The molecule has 1 aliphatic rings. The van der Waals surface area contributed by atoms with E-state index in [0.29, 0.717) is 27.9 Å². The summed E-state index contributed by atoms with van der Waals surface area (Å²) < 4.78 is 5.44. The highest BCUT2D eigenvalue weighted by molar-refractivity contribution is 7.80. The van der Waals surface area contributed by atoms with Crippen molar-refractivity contribution < 1.29 is 14.3 Å². The zero-order valence-corrected chi connectivity index (χ0v) is 20.3. The molecule has 1 atom stereocenters. The topological polar surface area (TPSA) is 94.5 Å². The van der Waals surface area contributed by atoms with Gasteiger partial charge in [0.25, 0.3) is 0 Å². The van der Waals surface area contributed by atoms with Gasteiger partial charge in [-0.05, 0) is 84.3 Å². The summed E-state index contributed by atoms with van der Waals surface area (Å²) in [5.41, 5.74) is 0.856. The van der Waals surface area contributed by atoms with Crippen LogP contribution in [0.4, 0.5) is 11.4 Å². The van der Waals surface area contributed by atoms with Gasteiger partial charge in [-0.2, -0.15) is 5.26 Å². The molecule has 7 nitrogen and oxygen atoms in total. The van der Waals surface area contributed by atoms with E-state index >= 15 is 0 Å². The maximum absolute atomic E-state index is 13.2. The SMILES string of the molecule is CC(C)(C)NC(=S)Nc1cc2c(cc1Cl)CCC(C(=O)OC(C)(C)C)C(=O)N2CC#N. The van der Waals surface area contributed by atoms with E-state index in [4.69, 9.17) is 28.6 Å². The van der Waals surface area contributed by atoms with Crippen molar-refractivity contribution in [3.63, 3.8) is 0 Å². The van der Waals surface area contributed by atoms with Crippen molar-refractivity contribution in [2.45, 2.75) is 65.5 Å². The number of thiocarbonyl (C=S) groups is 1. The van der Waals surface area contributed by atoms with Crippen LogP contribution in [0, 0.1) is 17.2 Å². The third-order valence-electron chi connectivity index (χ3n) is 4.38. The molecule has 1 aromatic carbocycles. The van der Waals surface area contributed by atoms with Gasteiger partial charge in [-0.25, -0.2) is 0 Å². The van der Waals surface area contributed by atoms with Gasteiger partial charge >= 0.3 is 5.97 Å². The molecule has 0 aromatic heterocycles. The molecule has 31 heavy (non-hydrogen) atoms. The minimum absolute atomic E-state index is 0.198. The van der Waals surface area contributed by atoms with Crippen LogP contribution in [0.1, 0.15) is 53.5 Å². The normalized spacial score (nSPS) is 16.6. The zero-order valence-electron chi connectivity index (χ0n) is 18.8. The monoisotopic (exact) mass is 464 g/mol. The van der Waals surface area contributed by atoms with Gasteiger partial charge in [0.05, 0.1) is 22.5 Å². The number of benzene rings is 1. The summed E-state index contributed by atoms with van der Waals surface area (Å²) in [4.78, 5) is 27.2. The predicted octanol–water partition coefficient (Wildman–Crippen LogP) is 4.19. The smallest absolute Gasteiger partial charge is 0.319 e. The number of esters is 1. The van der Waals surface area contributed by atoms with Crippen molar-refractivity contribution in [2.24, 2.45) is 5.92 Å². The molecule has 2 rings (SSSR count). The number of carbonyl (C=O) groups excluding carboxylic acids is 2. The quantitative estimate of drug-likeness (QED) is 0.300. The number of amides is 1. The molecule has 0 fully saturated rings. The number of fused-ring (bicyclic) bond motifs is 1. The largest absolute Gasteiger partial charge is 0.459 e. The molecule has 0 aliphatic carbocycles. The third-order valence-corrected chi connectivity index (χ3v) is 4.90. The number of nitrogens with zero attached hydrogens (tertiary/aromatic N) is 2. The summed E-state index contributed by atoms with van der Waals surface area (Å²) >= 11 is 11.8. The number of nitriles is 1. The first kappa shape index (κ1) is 24.9. The number of hydrogen-bond acceptors (Lipinski definition) is 5. The lowest BCUT2D eigenvalue weighted by molar-refractivity contribution is -0.162. The number of ether oxygens (including phenoxy) is 1. The summed E-state index contributed by atoms with van der Waals surface area (Å²) in [5, 5.41) is 16.3. The maximum atomic E-state index is 13.2. The number of hydrogen-bond donors (Lipinski definition) is 2. The Hall–Kier alpha value is -2.37. The minimum atomic E-state index is -0.987. The molecule has 1 heterocycles. The molecule has 1 amide bonds. The second kappa shape index (κ2) is 9.41. The molecule has 1 aliphatic heterocycles. The van der Waals surface area contributed by atoms with Gasteiger partial charge in [-0.3, -0.25) is 14.5 Å². The number of anilines is 2. The van der Waals surface area contributed by atoms with Crippen LogP contribution in [0.2, 0.25) is 5.02 Å². The summed E-state index contributed by atoms with van der Waals surface area (Å²) in [6.45, 7) is 11.0. The van der Waals surface area contributed by atoms with Gasteiger partial charge in [-0.1, -0.05) is 11.6 Å². The zero-order chi connectivity index (χ0) is 23.6. The van der Waals surface area contributed by atoms with Crippen LogP contribution in [0.15, 0.2) is 12.1 Å². The van der Waals surface area contributed by atoms with Gasteiger partial charge in [0.2, 0.25) is 5.91 Å². The Balaban J connectivity index is 2.40. The Labute approximate surface area is 194 Å². The lowest BCUT2D eigenvalue weighted by atomic mass is 10.00. The van der Waals surface area contributed by atoms with E-state index in [9.17, 15) is 14.9 Å². The Bertz CT molecular complexity index is 928. The first-order chi connectivity index (χ1) is 14.2. The van der Waals surface area contributed by atoms with E-state index < -0.39 is 23.4 Å². The van der Waals surface area contributed by atoms with Crippen LogP contribution < -0.4 is 15.5 Å². The van der Waals surface area contributed by atoms with Gasteiger partial charge in [0.1, 0.15) is 18.1 Å². The van der Waals surface area contributed by atoms with Crippen LogP contribution in [0.5, 0.6) is 0 Å². The highest BCUT2D eigenvalue weighted by Gasteiger charge is 2.38. The number of rotatable bonds is 3. The molecule has 0 bridgehead atoms. The standard InChI is InChI=1S/C22H29ClN4O3S/c1-21(2,3)26-20(31)25-16-12-17-13(11-15(16)23)7-8-14(18(28)27(17)10-9-24)19(29)30-22(4,5)6/h11-12,14H,7-8,10H2,1-6H3,(H2,25,26,31). The Morgan fingerprint density at radius 3 is 2.52 bits per heavy atom. The fourth-order valence-electron chi connectivity index (χ4n) is 3.20. The molecule has 1 unspecified atom stereocenters. The first-order valence-corrected chi connectivity index (χ1v) is 10.8. The third kappa shape index (κ3) is 6.81. The van der Waals surface area contributed by atoms with E-state index in [0.717, 1.165) is 5.56 Å².